The number of carbonyl (C=O) groups excluding carboxylic acids is 1. The number of halogens is 1. The number of H-pyrrole nitrogens is 1. The number of aromatic amines is 1. The van der Waals surface area contributed by atoms with E-state index in [1.165, 1.54) is 12.8 Å². The molecule has 10 nitrogen and oxygen atoms in total. The number of likely N-dealkylation sites (tertiary alicyclic amines) is 1. The zero-order chi connectivity index (χ0) is 22.2. The summed E-state index contributed by atoms with van der Waals surface area (Å²) in [6, 6.07) is 3.66. The predicted octanol–water partition coefficient (Wildman–Crippen LogP) is 1.82. The van der Waals surface area contributed by atoms with Crippen LogP contribution in [-0.4, -0.2) is 101 Å². The smallest absolute Gasteiger partial charge is 0.236 e. The molecule has 4 heterocycles. The van der Waals surface area contributed by atoms with E-state index in [1.807, 2.05) is 12.1 Å². The summed E-state index contributed by atoms with van der Waals surface area (Å²) in [7, 11) is 1.81. The lowest BCUT2D eigenvalue weighted by atomic mass is 10.2. The summed E-state index contributed by atoms with van der Waals surface area (Å²) in [4.78, 5) is 28.1. The minimum absolute atomic E-state index is 0. The molecule has 2 N–H and O–H groups in total. The van der Waals surface area contributed by atoms with E-state index in [2.05, 4.69) is 40.2 Å². The van der Waals surface area contributed by atoms with Gasteiger partial charge in [0.15, 0.2) is 11.7 Å². The monoisotopic (exact) mass is 570 g/mol. The fraction of sp³-hybridized carbons (Fsp3) is 0.636. The molecule has 2 aliphatic heterocycles. The molecule has 33 heavy (non-hydrogen) atoms. The number of aliphatic imine (C=N–C) groups is 1. The van der Waals surface area contributed by atoms with Crippen LogP contribution in [-0.2, 0) is 11.2 Å². The standard InChI is InChI=1S/C22H34N8O2.HI/c1-23-22(24-9-8-19-25-21(27-26-19)18-7-6-16-32-18)30-14-12-28(13-15-30)17-20(31)29-10-4-2-3-5-11-29;/h6-7,16H,2-5,8-15,17H2,1H3,(H,23,24)(H,25,26,27);1H. The molecule has 0 unspecified atom stereocenters. The molecule has 2 fully saturated rings. The van der Waals surface area contributed by atoms with Gasteiger partial charge < -0.3 is 19.5 Å². The van der Waals surface area contributed by atoms with Gasteiger partial charge >= 0.3 is 0 Å². The van der Waals surface area contributed by atoms with Crippen LogP contribution in [0.1, 0.15) is 31.5 Å². The summed E-state index contributed by atoms with van der Waals surface area (Å²) in [5.74, 6) is 3.19. The second kappa shape index (κ2) is 12.9. The first-order chi connectivity index (χ1) is 15.7. The van der Waals surface area contributed by atoms with Crippen molar-refractivity contribution in [3.8, 4) is 11.6 Å². The van der Waals surface area contributed by atoms with Crippen molar-refractivity contribution in [1.82, 2.24) is 35.2 Å². The molecule has 0 bridgehead atoms. The molecule has 0 radical (unpaired) electrons. The summed E-state index contributed by atoms with van der Waals surface area (Å²) >= 11 is 0. The van der Waals surface area contributed by atoms with Crippen molar-refractivity contribution >= 4 is 35.8 Å². The lowest BCUT2D eigenvalue weighted by Crippen LogP contribution is -2.54. The first kappa shape index (κ1) is 25.5. The molecule has 2 aromatic rings. The van der Waals surface area contributed by atoms with Crippen LogP contribution in [0.15, 0.2) is 27.8 Å². The largest absolute Gasteiger partial charge is 0.461 e. The van der Waals surface area contributed by atoms with Crippen molar-refractivity contribution in [1.29, 1.82) is 0 Å². The number of hydrogen-bond acceptors (Lipinski definition) is 6. The maximum absolute atomic E-state index is 12.7. The van der Waals surface area contributed by atoms with Gasteiger partial charge in [0.05, 0.1) is 12.8 Å². The number of nitrogens with one attached hydrogen (secondary N) is 2. The molecule has 0 spiro atoms. The van der Waals surface area contributed by atoms with E-state index in [0.717, 1.165) is 63.9 Å². The SMILES string of the molecule is CN=C(NCCc1nc(-c2ccco2)n[nH]1)N1CCN(CC(=O)N2CCCCCC2)CC1.I. The Morgan fingerprint density at radius 3 is 2.55 bits per heavy atom. The van der Waals surface area contributed by atoms with Gasteiger partial charge in [-0.15, -0.1) is 24.0 Å². The highest BCUT2D eigenvalue weighted by atomic mass is 127. The van der Waals surface area contributed by atoms with Crippen LogP contribution in [0.4, 0.5) is 0 Å². The zero-order valence-corrected chi connectivity index (χ0v) is 21.7. The first-order valence-electron chi connectivity index (χ1n) is 11.6. The minimum atomic E-state index is 0. The lowest BCUT2D eigenvalue weighted by molar-refractivity contribution is -0.132. The Morgan fingerprint density at radius 1 is 1.12 bits per heavy atom. The van der Waals surface area contributed by atoms with Crippen LogP contribution in [0.5, 0.6) is 0 Å². The molecule has 2 aromatic heterocycles. The number of carbonyl (C=O) groups is 1. The number of amides is 1. The molecule has 1 amide bonds. The predicted molar refractivity (Wildman–Crippen MR) is 138 cm³/mol. The summed E-state index contributed by atoms with van der Waals surface area (Å²) in [6.45, 7) is 6.53. The highest BCUT2D eigenvalue weighted by molar-refractivity contribution is 14.0. The van der Waals surface area contributed by atoms with Crippen LogP contribution >= 0.6 is 24.0 Å². The summed E-state index contributed by atoms with van der Waals surface area (Å²) in [5.41, 5.74) is 0. The number of guanidine groups is 1. The number of aromatic nitrogens is 3. The van der Waals surface area contributed by atoms with Crippen LogP contribution in [0.3, 0.4) is 0 Å². The van der Waals surface area contributed by atoms with Crippen molar-refractivity contribution in [3.05, 3.63) is 24.2 Å². The van der Waals surface area contributed by atoms with Crippen LogP contribution in [0.25, 0.3) is 11.6 Å². The van der Waals surface area contributed by atoms with E-state index in [-0.39, 0.29) is 29.9 Å². The average Bonchev–Trinajstić information content (AvgIpc) is 3.44. The molecule has 2 saturated heterocycles. The Hall–Kier alpha value is -2.15. The fourth-order valence-electron chi connectivity index (χ4n) is 4.28. The van der Waals surface area contributed by atoms with Crippen molar-refractivity contribution in [2.75, 3.05) is 59.4 Å². The second-order valence-corrected chi connectivity index (χ2v) is 8.37. The van der Waals surface area contributed by atoms with Gasteiger partial charge in [0.25, 0.3) is 0 Å². The Balaban J connectivity index is 0.00000306. The van der Waals surface area contributed by atoms with Gasteiger partial charge in [-0.05, 0) is 25.0 Å². The maximum atomic E-state index is 12.7. The first-order valence-corrected chi connectivity index (χ1v) is 11.6. The highest BCUT2D eigenvalue weighted by Crippen LogP contribution is 2.14. The number of furan rings is 1. The molecule has 0 atom stereocenters. The van der Waals surface area contributed by atoms with E-state index in [1.54, 1.807) is 13.3 Å². The van der Waals surface area contributed by atoms with E-state index in [4.69, 9.17) is 4.42 Å². The van der Waals surface area contributed by atoms with E-state index in [0.29, 0.717) is 31.1 Å². The molecule has 0 saturated carbocycles. The summed E-state index contributed by atoms with van der Waals surface area (Å²) in [6.07, 6.45) is 7.09. The van der Waals surface area contributed by atoms with Crippen LogP contribution < -0.4 is 5.32 Å². The van der Waals surface area contributed by atoms with Gasteiger partial charge in [0.1, 0.15) is 5.82 Å². The lowest BCUT2D eigenvalue weighted by Gasteiger charge is -2.37. The van der Waals surface area contributed by atoms with Crippen molar-refractivity contribution in [2.45, 2.75) is 32.1 Å². The van der Waals surface area contributed by atoms with Gasteiger partial charge in [-0.25, -0.2) is 4.98 Å². The molecule has 4 rings (SSSR count). The van der Waals surface area contributed by atoms with E-state index < -0.39 is 0 Å². The molecular formula is C22H35IN8O2. The van der Waals surface area contributed by atoms with Gasteiger partial charge in [-0.3, -0.25) is 19.8 Å². The van der Waals surface area contributed by atoms with Gasteiger partial charge in [0, 0.05) is 59.3 Å². The number of hydrogen-bond donors (Lipinski definition) is 2. The molecule has 11 heteroatoms. The topological polar surface area (TPSA) is 106 Å². The molecule has 182 valence electrons. The quantitative estimate of drug-likeness (QED) is 0.310. The van der Waals surface area contributed by atoms with E-state index >= 15 is 0 Å². The van der Waals surface area contributed by atoms with Crippen molar-refractivity contribution in [2.24, 2.45) is 4.99 Å². The summed E-state index contributed by atoms with van der Waals surface area (Å²) in [5, 5.41) is 10.6. The molecule has 2 aliphatic rings. The third-order valence-corrected chi connectivity index (χ3v) is 6.12. The maximum Gasteiger partial charge on any atom is 0.236 e. The Kier molecular flexibility index (Phi) is 9.97. The number of piperazine rings is 1. The van der Waals surface area contributed by atoms with Gasteiger partial charge in [0.2, 0.25) is 11.7 Å². The van der Waals surface area contributed by atoms with Crippen LogP contribution in [0, 0.1) is 0 Å². The molecule has 0 aliphatic carbocycles. The van der Waals surface area contributed by atoms with Gasteiger partial charge in [-0.1, -0.05) is 12.8 Å². The molecular weight excluding hydrogens is 535 g/mol. The van der Waals surface area contributed by atoms with Crippen molar-refractivity contribution < 1.29 is 9.21 Å². The average molecular weight is 570 g/mol. The molecule has 0 aromatic carbocycles. The fourth-order valence-corrected chi connectivity index (χ4v) is 4.28. The van der Waals surface area contributed by atoms with E-state index in [9.17, 15) is 4.79 Å². The minimum Gasteiger partial charge on any atom is -0.461 e. The third kappa shape index (κ3) is 7.16. The Morgan fingerprint density at radius 2 is 1.88 bits per heavy atom. The Labute approximate surface area is 212 Å². The second-order valence-electron chi connectivity index (χ2n) is 8.37. The zero-order valence-electron chi connectivity index (χ0n) is 19.3. The van der Waals surface area contributed by atoms with Gasteiger partial charge in [-0.2, -0.15) is 5.10 Å². The van der Waals surface area contributed by atoms with Crippen molar-refractivity contribution in [3.63, 3.8) is 0 Å². The van der Waals surface area contributed by atoms with Crippen LogP contribution in [0.2, 0.25) is 0 Å². The number of rotatable bonds is 6. The normalized spacial score (nSPS) is 18.0. The third-order valence-electron chi connectivity index (χ3n) is 6.12. The summed E-state index contributed by atoms with van der Waals surface area (Å²) < 4.78 is 5.33. The number of nitrogens with zero attached hydrogens (tertiary/aromatic N) is 6. The highest BCUT2D eigenvalue weighted by Gasteiger charge is 2.23. The Bertz CT molecular complexity index is 869.